The molecule has 0 aliphatic rings. The Hall–Kier alpha value is -1.26. The molecule has 1 N–H and O–H groups in total. The van der Waals surface area contributed by atoms with Crippen LogP contribution in [0.1, 0.15) is 17.2 Å². The van der Waals surface area contributed by atoms with E-state index < -0.39 is 6.10 Å². The summed E-state index contributed by atoms with van der Waals surface area (Å²) in [5.41, 5.74) is 1.82. The van der Waals surface area contributed by atoms with Gasteiger partial charge in [-0.2, -0.15) is 0 Å². The first-order valence-electron chi connectivity index (χ1n) is 5.23. The molecule has 90 valence electrons. The zero-order valence-corrected chi connectivity index (χ0v) is 11.0. The molecular formula is C13H13BrO3. The van der Waals surface area contributed by atoms with Crippen molar-refractivity contribution < 1.29 is 14.3 Å². The second-order valence-corrected chi connectivity index (χ2v) is 4.60. The van der Waals surface area contributed by atoms with Crippen LogP contribution in [0.5, 0.6) is 5.75 Å². The van der Waals surface area contributed by atoms with E-state index in [0.717, 1.165) is 21.3 Å². The van der Waals surface area contributed by atoms with Gasteiger partial charge in [0.15, 0.2) is 0 Å². The molecule has 2 aromatic rings. The molecule has 17 heavy (non-hydrogen) atoms. The molecule has 0 bridgehead atoms. The van der Waals surface area contributed by atoms with E-state index in [-0.39, 0.29) is 0 Å². The molecule has 2 rings (SSSR count). The summed E-state index contributed by atoms with van der Waals surface area (Å²) in [6.07, 6.45) is 3.11. The van der Waals surface area contributed by atoms with E-state index in [2.05, 4.69) is 15.9 Å². The van der Waals surface area contributed by atoms with Crippen LogP contribution in [0.25, 0.3) is 0 Å². The summed E-state index contributed by atoms with van der Waals surface area (Å²) in [6.45, 7) is 0. The van der Waals surface area contributed by atoms with Crippen LogP contribution in [0, 0.1) is 0 Å². The highest BCUT2D eigenvalue weighted by atomic mass is 79.9. The number of ether oxygens (including phenoxy) is 1. The fraction of sp³-hybridized carbons (Fsp3) is 0.231. The first-order chi connectivity index (χ1) is 8.20. The minimum absolute atomic E-state index is 0.544. The molecule has 1 aromatic carbocycles. The molecule has 4 heteroatoms. The van der Waals surface area contributed by atoms with Crippen molar-refractivity contribution in [2.45, 2.75) is 12.5 Å². The summed E-state index contributed by atoms with van der Waals surface area (Å²) in [7, 11) is 1.63. The fourth-order valence-corrected chi connectivity index (χ4v) is 2.23. The zero-order valence-electron chi connectivity index (χ0n) is 9.39. The van der Waals surface area contributed by atoms with Gasteiger partial charge in [0.1, 0.15) is 5.75 Å². The second-order valence-electron chi connectivity index (χ2n) is 3.75. The van der Waals surface area contributed by atoms with Gasteiger partial charge in [0, 0.05) is 12.0 Å². The first-order valence-corrected chi connectivity index (χ1v) is 6.02. The van der Waals surface area contributed by atoms with Gasteiger partial charge in [-0.15, -0.1) is 0 Å². The largest absolute Gasteiger partial charge is 0.496 e. The van der Waals surface area contributed by atoms with E-state index in [1.54, 1.807) is 25.7 Å². The van der Waals surface area contributed by atoms with Crippen LogP contribution in [0.15, 0.2) is 45.7 Å². The van der Waals surface area contributed by atoms with Crippen molar-refractivity contribution in [2.24, 2.45) is 0 Å². The number of benzene rings is 1. The molecule has 0 spiro atoms. The molecule has 0 radical (unpaired) electrons. The molecule has 0 fully saturated rings. The number of rotatable bonds is 4. The van der Waals surface area contributed by atoms with Gasteiger partial charge < -0.3 is 14.3 Å². The molecule has 0 saturated heterocycles. The number of furan rings is 1. The van der Waals surface area contributed by atoms with E-state index in [0.29, 0.717) is 6.42 Å². The molecule has 3 nitrogen and oxygen atoms in total. The Kier molecular flexibility index (Phi) is 3.86. The zero-order chi connectivity index (χ0) is 12.3. The standard InChI is InChI=1S/C13H13BrO3/c1-16-13-3-2-9(6-11(13)14)7-12(15)10-4-5-17-8-10/h2-6,8,12,15H,7H2,1H3. The molecule has 1 unspecified atom stereocenters. The number of aliphatic hydroxyl groups is 1. The predicted octanol–water partition coefficient (Wildman–Crippen LogP) is 3.33. The van der Waals surface area contributed by atoms with Crippen LogP contribution in [0.4, 0.5) is 0 Å². The average molecular weight is 297 g/mol. The highest BCUT2D eigenvalue weighted by Crippen LogP contribution is 2.27. The summed E-state index contributed by atoms with van der Waals surface area (Å²) < 4.78 is 11.0. The molecular weight excluding hydrogens is 284 g/mol. The summed E-state index contributed by atoms with van der Waals surface area (Å²) in [5.74, 6) is 0.784. The van der Waals surface area contributed by atoms with Gasteiger partial charge in [-0.25, -0.2) is 0 Å². The molecule has 0 saturated carbocycles. The lowest BCUT2D eigenvalue weighted by Crippen LogP contribution is -2.00. The Labute approximate surface area is 108 Å². The monoisotopic (exact) mass is 296 g/mol. The predicted molar refractivity (Wildman–Crippen MR) is 68.1 cm³/mol. The number of methoxy groups -OCH3 is 1. The molecule has 1 atom stereocenters. The Morgan fingerprint density at radius 3 is 2.82 bits per heavy atom. The molecule has 0 aliphatic heterocycles. The maximum absolute atomic E-state index is 9.97. The maximum atomic E-state index is 9.97. The summed E-state index contributed by atoms with van der Waals surface area (Å²) in [4.78, 5) is 0. The van der Waals surface area contributed by atoms with E-state index in [1.807, 2.05) is 18.2 Å². The second kappa shape index (κ2) is 5.38. The van der Waals surface area contributed by atoms with Crippen molar-refractivity contribution in [3.05, 3.63) is 52.4 Å². The van der Waals surface area contributed by atoms with Crippen molar-refractivity contribution in [3.8, 4) is 5.75 Å². The van der Waals surface area contributed by atoms with E-state index in [1.165, 1.54) is 0 Å². The molecule has 1 aromatic heterocycles. The van der Waals surface area contributed by atoms with Crippen LogP contribution in [0.2, 0.25) is 0 Å². The quantitative estimate of drug-likeness (QED) is 0.941. The van der Waals surface area contributed by atoms with E-state index >= 15 is 0 Å². The number of aliphatic hydroxyl groups excluding tert-OH is 1. The van der Waals surface area contributed by atoms with Crippen molar-refractivity contribution in [3.63, 3.8) is 0 Å². The minimum Gasteiger partial charge on any atom is -0.496 e. The van der Waals surface area contributed by atoms with Crippen molar-refractivity contribution in [1.29, 1.82) is 0 Å². The van der Waals surface area contributed by atoms with Gasteiger partial charge in [-0.3, -0.25) is 0 Å². The smallest absolute Gasteiger partial charge is 0.133 e. The van der Waals surface area contributed by atoms with Crippen molar-refractivity contribution >= 4 is 15.9 Å². The first kappa shape index (κ1) is 12.2. The number of hydrogen-bond donors (Lipinski definition) is 1. The fourth-order valence-electron chi connectivity index (χ4n) is 1.64. The molecule has 0 aliphatic carbocycles. The van der Waals surface area contributed by atoms with E-state index in [9.17, 15) is 5.11 Å². The number of halogens is 1. The van der Waals surface area contributed by atoms with Gasteiger partial charge in [-0.05, 0) is 39.7 Å². The highest BCUT2D eigenvalue weighted by molar-refractivity contribution is 9.10. The van der Waals surface area contributed by atoms with Crippen molar-refractivity contribution in [2.75, 3.05) is 7.11 Å². The summed E-state index contributed by atoms with van der Waals surface area (Å²) in [5, 5.41) is 9.97. The lowest BCUT2D eigenvalue weighted by atomic mass is 10.0. The third-order valence-corrected chi connectivity index (χ3v) is 3.19. The molecule has 0 amide bonds. The van der Waals surface area contributed by atoms with Gasteiger partial charge in [0.2, 0.25) is 0 Å². The maximum Gasteiger partial charge on any atom is 0.133 e. The Bertz CT molecular complexity index is 479. The third-order valence-electron chi connectivity index (χ3n) is 2.57. The topological polar surface area (TPSA) is 42.6 Å². The Balaban J connectivity index is 2.11. The van der Waals surface area contributed by atoms with Gasteiger partial charge in [-0.1, -0.05) is 6.07 Å². The van der Waals surface area contributed by atoms with Crippen LogP contribution >= 0.6 is 15.9 Å². The lowest BCUT2D eigenvalue weighted by molar-refractivity contribution is 0.177. The van der Waals surface area contributed by atoms with Crippen LogP contribution in [-0.4, -0.2) is 12.2 Å². The SMILES string of the molecule is COc1ccc(CC(O)c2ccoc2)cc1Br. The van der Waals surface area contributed by atoms with Crippen LogP contribution in [0.3, 0.4) is 0 Å². The van der Waals surface area contributed by atoms with Gasteiger partial charge in [0.25, 0.3) is 0 Å². The normalized spacial score (nSPS) is 12.4. The Morgan fingerprint density at radius 1 is 1.41 bits per heavy atom. The van der Waals surface area contributed by atoms with Crippen molar-refractivity contribution in [1.82, 2.24) is 0 Å². The van der Waals surface area contributed by atoms with Gasteiger partial charge >= 0.3 is 0 Å². The van der Waals surface area contributed by atoms with E-state index in [4.69, 9.17) is 9.15 Å². The Morgan fingerprint density at radius 2 is 2.24 bits per heavy atom. The minimum atomic E-state index is -0.547. The number of hydrogen-bond acceptors (Lipinski definition) is 3. The lowest BCUT2D eigenvalue weighted by Gasteiger charge is -2.10. The average Bonchev–Trinajstić information content (AvgIpc) is 2.82. The summed E-state index contributed by atoms with van der Waals surface area (Å²) >= 11 is 3.42. The van der Waals surface area contributed by atoms with Crippen LogP contribution in [-0.2, 0) is 6.42 Å². The van der Waals surface area contributed by atoms with Gasteiger partial charge in [0.05, 0.1) is 30.2 Å². The summed E-state index contributed by atoms with van der Waals surface area (Å²) in [6, 6.07) is 7.53. The third kappa shape index (κ3) is 2.90. The van der Waals surface area contributed by atoms with Crippen LogP contribution < -0.4 is 4.74 Å². The highest BCUT2D eigenvalue weighted by Gasteiger charge is 2.11. The molecule has 1 heterocycles.